The van der Waals surface area contributed by atoms with Crippen molar-refractivity contribution in [3.63, 3.8) is 0 Å². The summed E-state index contributed by atoms with van der Waals surface area (Å²) in [5.41, 5.74) is 1.000. The Morgan fingerprint density at radius 1 is 1.14 bits per heavy atom. The van der Waals surface area contributed by atoms with E-state index in [4.69, 9.17) is 0 Å². The molecule has 2 fully saturated rings. The molecule has 1 aromatic carbocycles. The fourth-order valence-corrected chi connectivity index (χ4v) is 3.81. The van der Waals surface area contributed by atoms with Crippen LogP contribution >= 0.6 is 0 Å². The molecule has 2 saturated heterocycles. The summed E-state index contributed by atoms with van der Waals surface area (Å²) in [7, 11) is 0. The Morgan fingerprint density at radius 3 is 2.43 bits per heavy atom. The molecule has 0 spiro atoms. The molecule has 0 aromatic heterocycles. The molecule has 2 aliphatic heterocycles. The number of carbonyl (C=O) groups is 3. The van der Waals surface area contributed by atoms with E-state index in [9.17, 15) is 14.4 Å². The predicted molar refractivity (Wildman–Crippen MR) is 108 cm³/mol. The van der Waals surface area contributed by atoms with Gasteiger partial charge in [0.15, 0.2) is 0 Å². The smallest absolute Gasteiger partial charge is 0.246 e. The van der Waals surface area contributed by atoms with Crippen molar-refractivity contribution in [3.8, 4) is 0 Å². The van der Waals surface area contributed by atoms with Crippen molar-refractivity contribution in [2.45, 2.75) is 45.2 Å². The van der Waals surface area contributed by atoms with Crippen molar-refractivity contribution in [1.82, 2.24) is 15.1 Å². The summed E-state index contributed by atoms with van der Waals surface area (Å²) in [6.45, 7) is 5.70. The molecule has 0 radical (unpaired) electrons. The molecule has 0 bridgehead atoms. The first kappa shape index (κ1) is 20.1. The number of piperidine rings is 1. The summed E-state index contributed by atoms with van der Waals surface area (Å²) < 4.78 is 0. The zero-order chi connectivity index (χ0) is 20.1. The van der Waals surface area contributed by atoms with Crippen LogP contribution in [0.2, 0.25) is 0 Å². The lowest BCUT2D eigenvalue weighted by atomic mass is 10.0. The van der Waals surface area contributed by atoms with Gasteiger partial charge >= 0.3 is 0 Å². The number of nitrogens with one attached hydrogen (secondary N) is 1. The highest BCUT2D eigenvalue weighted by Crippen LogP contribution is 2.21. The van der Waals surface area contributed by atoms with E-state index >= 15 is 0 Å². The Morgan fingerprint density at radius 2 is 1.82 bits per heavy atom. The minimum atomic E-state index is -0.261. The van der Waals surface area contributed by atoms with Gasteiger partial charge in [-0.2, -0.15) is 0 Å². The van der Waals surface area contributed by atoms with Crippen molar-refractivity contribution < 1.29 is 14.4 Å². The Balaban J connectivity index is 1.44. The molecule has 3 rings (SSSR count). The zero-order valence-corrected chi connectivity index (χ0v) is 16.6. The summed E-state index contributed by atoms with van der Waals surface area (Å²) in [5, 5.41) is 3.08. The average Bonchev–Trinajstić information content (AvgIpc) is 3.10. The van der Waals surface area contributed by atoms with E-state index in [1.807, 2.05) is 55.2 Å². The summed E-state index contributed by atoms with van der Waals surface area (Å²) in [6.07, 6.45) is 5.22. The van der Waals surface area contributed by atoms with Gasteiger partial charge in [0.05, 0.1) is 5.92 Å². The maximum absolute atomic E-state index is 12.5. The van der Waals surface area contributed by atoms with Crippen LogP contribution in [0.3, 0.4) is 0 Å². The van der Waals surface area contributed by atoms with Crippen LogP contribution in [0.15, 0.2) is 36.4 Å². The van der Waals surface area contributed by atoms with Crippen LogP contribution in [0.1, 0.15) is 38.7 Å². The third kappa shape index (κ3) is 5.00. The number of carbonyl (C=O) groups excluding carboxylic acids is 3. The van der Waals surface area contributed by atoms with Crippen LogP contribution in [-0.2, 0) is 14.4 Å². The maximum Gasteiger partial charge on any atom is 0.246 e. The van der Waals surface area contributed by atoms with E-state index < -0.39 is 0 Å². The van der Waals surface area contributed by atoms with Gasteiger partial charge in [-0.3, -0.25) is 14.4 Å². The number of hydrogen-bond donors (Lipinski definition) is 1. The first-order chi connectivity index (χ1) is 13.4. The minimum Gasteiger partial charge on any atom is -0.353 e. The van der Waals surface area contributed by atoms with Crippen molar-refractivity contribution in [2.75, 3.05) is 19.6 Å². The third-order valence-electron chi connectivity index (χ3n) is 5.52. The van der Waals surface area contributed by atoms with E-state index in [-0.39, 0.29) is 35.7 Å². The van der Waals surface area contributed by atoms with Crippen LogP contribution in [0.4, 0.5) is 0 Å². The van der Waals surface area contributed by atoms with Crippen LogP contribution in [-0.4, -0.2) is 59.2 Å². The highest BCUT2D eigenvalue weighted by Gasteiger charge is 2.36. The molecule has 1 atom stereocenters. The highest BCUT2D eigenvalue weighted by atomic mass is 16.2. The van der Waals surface area contributed by atoms with Crippen LogP contribution in [0.5, 0.6) is 0 Å². The molecule has 0 saturated carbocycles. The number of amides is 3. The number of rotatable bonds is 5. The van der Waals surface area contributed by atoms with Gasteiger partial charge < -0.3 is 15.1 Å². The largest absolute Gasteiger partial charge is 0.353 e. The molecule has 1 N–H and O–H groups in total. The van der Waals surface area contributed by atoms with E-state index in [0.717, 1.165) is 18.4 Å². The van der Waals surface area contributed by atoms with Gasteiger partial charge in [-0.25, -0.2) is 0 Å². The van der Waals surface area contributed by atoms with Crippen LogP contribution < -0.4 is 5.32 Å². The SMILES string of the molecule is CC(C)N1CC(C(=O)NC2CCN(C(=O)/C=C/c3ccccc3)CC2)CC1=O. The lowest BCUT2D eigenvalue weighted by Crippen LogP contribution is -2.47. The monoisotopic (exact) mass is 383 g/mol. The van der Waals surface area contributed by atoms with Crippen molar-refractivity contribution >= 4 is 23.8 Å². The van der Waals surface area contributed by atoms with Crippen molar-refractivity contribution in [3.05, 3.63) is 42.0 Å². The maximum atomic E-state index is 12.5. The van der Waals surface area contributed by atoms with Crippen LogP contribution in [0, 0.1) is 5.92 Å². The van der Waals surface area contributed by atoms with Gasteiger partial charge in [-0.1, -0.05) is 30.3 Å². The van der Waals surface area contributed by atoms with Crippen molar-refractivity contribution in [1.29, 1.82) is 0 Å². The number of hydrogen-bond acceptors (Lipinski definition) is 3. The van der Waals surface area contributed by atoms with Gasteiger partial charge in [0, 0.05) is 44.2 Å². The zero-order valence-electron chi connectivity index (χ0n) is 16.6. The molecule has 0 aliphatic carbocycles. The first-order valence-corrected chi connectivity index (χ1v) is 10.1. The fraction of sp³-hybridized carbons (Fsp3) is 0.500. The summed E-state index contributed by atoms with van der Waals surface area (Å²) in [4.78, 5) is 40.5. The molecule has 3 amide bonds. The Kier molecular flexibility index (Phi) is 6.49. The quantitative estimate of drug-likeness (QED) is 0.792. The van der Waals surface area contributed by atoms with Gasteiger partial charge in [0.25, 0.3) is 0 Å². The topological polar surface area (TPSA) is 69.7 Å². The second-order valence-electron chi connectivity index (χ2n) is 7.89. The molecular weight excluding hydrogens is 354 g/mol. The normalized spacial score (nSPS) is 21.0. The van der Waals surface area contributed by atoms with Crippen molar-refractivity contribution in [2.24, 2.45) is 5.92 Å². The number of likely N-dealkylation sites (tertiary alicyclic amines) is 2. The molecular formula is C22H29N3O3. The molecule has 1 unspecified atom stereocenters. The molecule has 28 heavy (non-hydrogen) atoms. The van der Waals surface area contributed by atoms with Crippen LogP contribution in [0.25, 0.3) is 6.08 Å². The lowest BCUT2D eigenvalue weighted by Gasteiger charge is -2.32. The van der Waals surface area contributed by atoms with Gasteiger partial charge in [-0.05, 0) is 38.3 Å². The average molecular weight is 383 g/mol. The summed E-state index contributed by atoms with van der Waals surface area (Å²) in [6, 6.07) is 9.94. The van der Waals surface area contributed by atoms with Gasteiger partial charge in [-0.15, -0.1) is 0 Å². The Hall–Kier alpha value is -2.63. The predicted octanol–water partition coefficient (Wildman–Crippen LogP) is 2.06. The summed E-state index contributed by atoms with van der Waals surface area (Å²) >= 11 is 0. The molecule has 1 aromatic rings. The standard InChI is InChI=1S/C22H29N3O3/c1-16(2)25-15-18(14-21(25)27)22(28)23-19-10-12-24(13-11-19)20(26)9-8-17-6-4-3-5-7-17/h3-9,16,18-19H,10-15H2,1-2H3,(H,23,28)/b9-8+. The van der Waals surface area contributed by atoms with E-state index in [2.05, 4.69) is 5.32 Å². The van der Waals surface area contributed by atoms with Gasteiger partial charge in [0.2, 0.25) is 17.7 Å². The second kappa shape index (κ2) is 9.04. The fourth-order valence-electron chi connectivity index (χ4n) is 3.81. The lowest BCUT2D eigenvalue weighted by molar-refractivity contribution is -0.130. The Bertz CT molecular complexity index is 737. The summed E-state index contributed by atoms with van der Waals surface area (Å²) in [5.74, 6) is -0.239. The van der Waals surface area contributed by atoms with E-state index in [0.29, 0.717) is 26.1 Å². The first-order valence-electron chi connectivity index (χ1n) is 10.1. The second-order valence-corrected chi connectivity index (χ2v) is 7.89. The molecule has 2 heterocycles. The molecule has 6 nitrogen and oxygen atoms in total. The molecule has 2 aliphatic rings. The number of benzene rings is 1. The molecule has 150 valence electrons. The number of nitrogens with zero attached hydrogens (tertiary/aromatic N) is 2. The highest BCUT2D eigenvalue weighted by molar-refractivity contribution is 5.92. The van der Waals surface area contributed by atoms with E-state index in [1.54, 1.807) is 11.0 Å². The minimum absolute atomic E-state index is 0.00240. The van der Waals surface area contributed by atoms with E-state index in [1.165, 1.54) is 0 Å². The molecule has 6 heteroatoms. The third-order valence-corrected chi connectivity index (χ3v) is 5.52. The Labute approximate surface area is 166 Å². The van der Waals surface area contributed by atoms with Gasteiger partial charge in [0.1, 0.15) is 0 Å².